The summed E-state index contributed by atoms with van der Waals surface area (Å²) in [5, 5.41) is 2.34. The van der Waals surface area contributed by atoms with Gasteiger partial charge in [-0.1, -0.05) is 12.8 Å². The predicted octanol–water partition coefficient (Wildman–Crippen LogP) is 2.74. The molecular weight excluding hydrogens is 186 g/mol. The molecule has 4 rings (SSSR count). The zero-order valence-electron chi connectivity index (χ0n) is 9.67. The largest absolute Gasteiger partial charge is 0.291 e. The molecule has 2 heterocycles. The third-order valence-corrected chi connectivity index (χ3v) is 5.53. The number of hydrogen-bond donors (Lipinski definition) is 0. The molecule has 0 bridgehead atoms. The highest BCUT2D eigenvalue weighted by Crippen LogP contribution is 2.68. The smallest absolute Gasteiger partial charge is 0.0981 e. The van der Waals surface area contributed by atoms with Crippen LogP contribution in [0.4, 0.5) is 0 Å². The summed E-state index contributed by atoms with van der Waals surface area (Å²) in [6.07, 6.45) is 9.79. The fourth-order valence-electron chi connectivity index (χ4n) is 4.76. The molecule has 2 aliphatic carbocycles. The minimum atomic E-state index is 0.325. The van der Waals surface area contributed by atoms with Crippen LogP contribution in [-0.4, -0.2) is 22.7 Å². The SMILES string of the molecule is CC12CCCN1OC1(C2)C2CCCCC21. The molecule has 0 N–H and O–H groups in total. The first kappa shape index (κ1) is 9.00. The first-order valence-electron chi connectivity index (χ1n) is 6.71. The van der Waals surface area contributed by atoms with Crippen LogP contribution in [0.5, 0.6) is 0 Å². The zero-order valence-corrected chi connectivity index (χ0v) is 9.67. The lowest BCUT2D eigenvalue weighted by atomic mass is 9.91. The van der Waals surface area contributed by atoms with Crippen LogP contribution in [0, 0.1) is 11.8 Å². The Balaban J connectivity index is 1.62. The van der Waals surface area contributed by atoms with E-state index >= 15 is 0 Å². The molecule has 15 heavy (non-hydrogen) atoms. The summed E-state index contributed by atoms with van der Waals surface area (Å²) < 4.78 is 0. The van der Waals surface area contributed by atoms with Crippen molar-refractivity contribution < 1.29 is 4.84 Å². The summed E-state index contributed by atoms with van der Waals surface area (Å²) in [5.41, 5.74) is 0.725. The minimum absolute atomic E-state index is 0.325. The Hall–Kier alpha value is -0.0800. The molecule has 0 aromatic rings. The molecule has 4 aliphatic rings. The van der Waals surface area contributed by atoms with Gasteiger partial charge in [-0.15, -0.1) is 0 Å². The second-order valence-electron chi connectivity index (χ2n) is 6.42. The summed E-state index contributed by atoms with van der Waals surface area (Å²) in [6.45, 7) is 3.59. The third-order valence-electron chi connectivity index (χ3n) is 5.53. The summed E-state index contributed by atoms with van der Waals surface area (Å²) in [5.74, 6) is 1.85. The van der Waals surface area contributed by atoms with Crippen LogP contribution >= 0.6 is 0 Å². The second kappa shape index (κ2) is 2.60. The van der Waals surface area contributed by atoms with Crippen LogP contribution in [-0.2, 0) is 4.84 Å². The van der Waals surface area contributed by atoms with Gasteiger partial charge in [0.2, 0.25) is 0 Å². The Morgan fingerprint density at radius 1 is 1.13 bits per heavy atom. The number of rotatable bonds is 0. The van der Waals surface area contributed by atoms with Gasteiger partial charge in [0.1, 0.15) is 0 Å². The Kier molecular flexibility index (Phi) is 1.56. The van der Waals surface area contributed by atoms with E-state index in [9.17, 15) is 0 Å². The van der Waals surface area contributed by atoms with Gasteiger partial charge in [-0.25, -0.2) is 0 Å². The molecule has 0 aromatic carbocycles. The topological polar surface area (TPSA) is 12.5 Å². The van der Waals surface area contributed by atoms with E-state index in [2.05, 4.69) is 12.0 Å². The molecule has 84 valence electrons. The highest BCUT2D eigenvalue weighted by atomic mass is 16.7. The Morgan fingerprint density at radius 3 is 2.53 bits per heavy atom. The molecule has 1 spiro atoms. The quantitative estimate of drug-likeness (QED) is 0.605. The average Bonchev–Trinajstić information content (AvgIpc) is 2.50. The maximum absolute atomic E-state index is 6.37. The number of fused-ring (bicyclic) bond motifs is 4. The lowest BCUT2D eigenvalue weighted by Crippen LogP contribution is -2.33. The van der Waals surface area contributed by atoms with Gasteiger partial charge in [0.15, 0.2) is 0 Å². The van der Waals surface area contributed by atoms with Crippen molar-refractivity contribution in [3.63, 3.8) is 0 Å². The van der Waals surface area contributed by atoms with Crippen LogP contribution in [0.25, 0.3) is 0 Å². The molecule has 2 saturated heterocycles. The van der Waals surface area contributed by atoms with Crippen molar-refractivity contribution in [3.8, 4) is 0 Å². The molecule has 3 atom stereocenters. The first-order valence-corrected chi connectivity index (χ1v) is 6.71. The van der Waals surface area contributed by atoms with Gasteiger partial charge in [0, 0.05) is 12.1 Å². The number of hydrogen-bond acceptors (Lipinski definition) is 2. The summed E-state index contributed by atoms with van der Waals surface area (Å²) in [4.78, 5) is 6.37. The van der Waals surface area contributed by atoms with E-state index in [0.29, 0.717) is 11.1 Å². The van der Waals surface area contributed by atoms with E-state index in [0.717, 1.165) is 11.8 Å². The van der Waals surface area contributed by atoms with Gasteiger partial charge in [-0.05, 0) is 50.9 Å². The van der Waals surface area contributed by atoms with Crippen molar-refractivity contribution in [1.82, 2.24) is 5.06 Å². The third kappa shape index (κ3) is 0.980. The number of nitrogens with zero attached hydrogens (tertiary/aromatic N) is 1. The van der Waals surface area contributed by atoms with Crippen molar-refractivity contribution in [2.24, 2.45) is 11.8 Å². The second-order valence-corrected chi connectivity index (χ2v) is 6.42. The van der Waals surface area contributed by atoms with E-state index in [4.69, 9.17) is 4.84 Å². The Labute approximate surface area is 91.9 Å². The van der Waals surface area contributed by atoms with Crippen molar-refractivity contribution in [2.45, 2.75) is 63.0 Å². The molecule has 2 nitrogen and oxygen atoms in total. The van der Waals surface area contributed by atoms with Gasteiger partial charge in [-0.2, -0.15) is 5.06 Å². The molecule has 2 heteroatoms. The van der Waals surface area contributed by atoms with Crippen LogP contribution in [0.15, 0.2) is 0 Å². The van der Waals surface area contributed by atoms with Gasteiger partial charge in [0.05, 0.1) is 5.60 Å². The fraction of sp³-hybridized carbons (Fsp3) is 1.00. The molecular formula is C13H21NO. The van der Waals surface area contributed by atoms with E-state index in [-0.39, 0.29) is 0 Å². The van der Waals surface area contributed by atoms with Crippen molar-refractivity contribution >= 4 is 0 Å². The highest BCUT2D eigenvalue weighted by Gasteiger charge is 2.73. The first-order chi connectivity index (χ1) is 7.25. The predicted molar refractivity (Wildman–Crippen MR) is 58.2 cm³/mol. The van der Waals surface area contributed by atoms with Crippen molar-refractivity contribution in [2.75, 3.05) is 6.54 Å². The van der Waals surface area contributed by atoms with E-state index < -0.39 is 0 Å². The summed E-state index contributed by atoms with van der Waals surface area (Å²) >= 11 is 0. The maximum Gasteiger partial charge on any atom is 0.0981 e. The molecule has 3 unspecified atom stereocenters. The lowest BCUT2D eigenvalue weighted by molar-refractivity contribution is -0.183. The van der Waals surface area contributed by atoms with Gasteiger partial charge in [-0.3, -0.25) is 4.84 Å². The maximum atomic E-state index is 6.37. The molecule has 2 saturated carbocycles. The van der Waals surface area contributed by atoms with Crippen LogP contribution in [0.1, 0.15) is 51.9 Å². The molecule has 0 aromatic heterocycles. The molecule has 0 amide bonds. The molecule has 0 radical (unpaired) electrons. The Bertz CT molecular complexity index is 291. The van der Waals surface area contributed by atoms with E-state index in [1.165, 1.54) is 51.5 Å². The van der Waals surface area contributed by atoms with Gasteiger partial charge < -0.3 is 0 Å². The standard InChI is InChI=1S/C13H21NO/c1-12-7-4-8-14(12)15-13(9-12)10-5-2-3-6-11(10)13/h10-11H,2-9H2,1H3. The zero-order chi connectivity index (χ0) is 10.1. The van der Waals surface area contributed by atoms with Gasteiger partial charge in [0.25, 0.3) is 0 Å². The van der Waals surface area contributed by atoms with Gasteiger partial charge >= 0.3 is 0 Å². The fourth-order valence-corrected chi connectivity index (χ4v) is 4.76. The molecule has 2 aliphatic heterocycles. The Morgan fingerprint density at radius 2 is 1.87 bits per heavy atom. The van der Waals surface area contributed by atoms with Crippen molar-refractivity contribution in [3.05, 3.63) is 0 Å². The average molecular weight is 207 g/mol. The summed E-state index contributed by atoms with van der Waals surface area (Å²) in [7, 11) is 0. The molecule has 4 fully saturated rings. The van der Waals surface area contributed by atoms with Crippen molar-refractivity contribution in [1.29, 1.82) is 0 Å². The van der Waals surface area contributed by atoms with Crippen LogP contribution in [0.2, 0.25) is 0 Å². The highest BCUT2D eigenvalue weighted by molar-refractivity contribution is 5.20. The van der Waals surface area contributed by atoms with Crippen LogP contribution in [0.3, 0.4) is 0 Å². The monoisotopic (exact) mass is 207 g/mol. The number of hydroxylamine groups is 2. The van der Waals surface area contributed by atoms with E-state index in [1.54, 1.807) is 0 Å². The summed E-state index contributed by atoms with van der Waals surface area (Å²) in [6, 6.07) is 0. The van der Waals surface area contributed by atoms with Crippen LogP contribution < -0.4 is 0 Å². The lowest BCUT2D eigenvalue weighted by Gasteiger charge is -2.23. The minimum Gasteiger partial charge on any atom is -0.291 e. The van der Waals surface area contributed by atoms with E-state index in [1.807, 2.05) is 0 Å². The normalized spacial score (nSPS) is 58.2.